The molecule has 1 aliphatic rings. The average molecular weight is 387 g/mol. The Morgan fingerprint density at radius 1 is 1.03 bits per heavy atom. The number of hydrogen-bond acceptors (Lipinski definition) is 5. The summed E-state index contributed by atoms with van der Waals surface area (Å²) in [5.41, 5.74) is 5.04. The summed E-state index contributed by atoms with van der Waals surface area (Å²) in [7, 11) is 0. The minimum Gasteiger partial charge on any atom is -0.485 e. The number of nitro benzene ring substituents is 1. The Morgan fingerprint density at radius 3 is 2.59 bits per heavy atom. The minimum atomic E-state index is -0.540. The monoisotopic (exact) mass is 387 g/mol. The van der Waals surface area contributed by atoms with Crippen LogP contribution in [0.2, 0.25) is 0 Å². The third-order valence-corrected chi connectivity index (χ3v) is 4.63. The molecule has 0 aliphatic carbocycles. The van der Waals surface area contributed by atoms with Crippen molar-refractivity contribution < 1.29 is 14.5 Å². The lowest BCUT2D eigenvalue weighted by Crippen LogP contribution is -2.25. The summed E-state index contributed by atoms with van der Waals surface area (Å²) in [5.74, 6) is 0.178. The quantitative estimate of drug-likeness (QED) is 0.535. The molecule has 7 heteroatoms. The molecule has 1 heterocycles. The number of hydrogen-bond donors (Lipinski definition) is 1. The molecule has 0 saturated heterocycles. The van der Waals surface area contributed by atoms with Crippen LogP contribution in [0, 0.1) is 10.1 Å². The standard InChI is InChI=1S/C22H17N3O4/c26-22(16-9-6-10-17(13-16)25(27)28)24-23-19-14-21(15-7-2-1-3-8-15)29-20-12-5-4-11-18(19)20/h1-13,21H,14H2,(H,24,26). The molecular formula is C22H17N3O4. The van der Waals surface area contributed by atoms with Crippen molar-refractivity contribution in [2.75, 3.05) is 0 Å². The van der Waals surface area contributed by atoms with Gasteiger partial charge < -0.3 is 4.74 Å². The second-order valence-corrected chi connectivity index (χ2v) is 6.52. The summed E-state index contributed by atoms with van der Waals surface area (Å²) in [6.07, 6.45) is 0.260. The molecule has 1 amide bonds. The summed E-state index contributed by atoms with van der Waals surface area (Å²) in [4.78, 5) is 22.8. The predicted molar refractivity (Wildman–Crippen MR) is 108 cm³/mol. The maximum atomic E-state index is 12.5. The fourth-order valence-electron chi connectivity index (χ4n) is 3.19. The van der Waals surface area contributed by atoms with Gasteiger partial charge in [0, 0.05) is 29.7 Å². The van der Waals surface area contributed by atoms with E-state index in [1.165, 1.54) is 24.3 Å². The number of carbonyl (C=O) groups is 1. The summed E-state index contributed by atoms with van der Waals surface area (Å²) < 4.78 is 6.11. The molecule has 1 aliphatic heterocycles. The molecule has 29 heavy (non-hydrogen) atoms. The number of nitro groups is 1. The molecule has 1 N–H and O–H groups in total. The van der Waals surface area contributed by atoms with Crippen molar-refractivity contribution in [2.45, 2.75) is 12.5 Å². The van der Waals surface area contributed by atoms with Crippen LogP contribution in [0.15, 0.2) is 84.0 Å². The van der Waals surface area contributed by atoms with Gasteiger partial charge in [-0.05, 0) is 23.8 Å². The largest absolute Gasteiger partial charge is 0.485 e. The first-order valence-corrected chi connectivity index (χ1v) is 9.04. The van der Waals surface area contributed by atoms with Crippen LogP contribution in [0.1, 0.15) is 34.0 Å². The number of nitrogens with one attached hydrogen (secondary N) is 1. The van der Waals surface area contributed by atoms with E-state index >= 15 is 0 Å². The summed E-state index contributed by atoms with van der Waals surface area (Å²) in [6.45, 7) is 0. The van der Waals surface area contributed by atoms with Gasteiger partial charge in [0.2, 0.25) is 0 Å². The van der Waals surface area contributed by atoms with Crippen molar-refractivity contribution in [3.05, 3.63) is 106 Å². The highest BCUT2D eigenvalue weighted by molar-refractivity contribution is 6.05. The Bertz CT molecular complexity index is 1100. The molecular weight excluding hydrogens is 370 g/mol. The van der Waals surface area contributed by atoms with Crippen molar-refractivity contribution in [2.24, 2.45) is 5.10 Å². The number of nitrogens with zero attached hydrogens (tertiary/aromatic N) is 2. The van der Waals surface area contributed by atoms with E-state index in [1.54, 1.807) is 0 Å². The number of rotatable bonds is 4. The van der Waals surface area contributed by atoms with Gasteiger partial charge in [-0.15, -0.1) is 0 Å². The summed E-state index contributed by atoms with van der Waals surface area (Å²) in [5, 5.41) is 15.2. The topological polar surface area (TPSA) is 93.8 Å². The molecule has 3 aromatic rings. The van der Waals surface area contributed by atoms with Crippen LogP contribution in [0.25, 0.3) is 0 Å². The van der Waals surface area contributed by atoms with Gasteiger partial charge in [-0.2, -0.15) is 5.10 Å². The van der Waals surface area contributed by atoms with Crippen LogP contribution in [-0.4, -0.2) is 16.5 Å². The van der Waals surface area contributed by atoms with E-state index in [9.17, 15) is 14.9 Å². The van der Waals surface area contributed by atoms with E-state index < -0.39 is 10.8 Å². The SMILES string of the molecule is O=C(NN=C1CC(c2ccccc2)Oc2ccccc21)c1cccc([N+](=O)[O-])c1. The van der Waals surface area contributed by atoms with Crippen LogP contribution in [0.3, 0.4) is 0 Å². The Kier molecular flexibility index (Phi) is 5.03. The smallest absolute Gasteiger partial charge is 0.271 e. The van der Waals surface area contributed by atoms with Gasteiger partial charge in [-0.1, -0.05) is 48.5 Å². The van der Waals surface area contributed by atoms with Crippen molar-refractivity contribution in [1.82, 2.24) is 5.43 Å². The van der Waals surface area contributed by atoms with Gasteiger partial charge in [-0.3, -0.25) is 14.9 Å². The van der Waals surface area contributed by atoms with Gasteiger partial charge in [0.15, 0.2) is 0 Å². The maximum Gasteiger partial charge on any atom is 0.271 e. The fraction of sp³-hybridized carbons (Fsp3) is 0.0909. The van der Waals surface area contributed by atoms with Gasteiger partial charge in [0.25, 0.3) is 11.6 Å². The normalized spacial score (nSPS) is 16.6. The van der Waals surface area contributed by atoms with E-state index in [2.05, 4.69) is 10.5 Å². The van der Waals surface area contributed by atoms with Crippen LogP contribution in [0.4, 0.5) is 5.69 Å². The molecule has 7 nitrogen and oxygen atoms in total. The van der Waals surface area contributed by atoms with Gasteiger partial charge in [0.05, 0.1) is 10.6 Å². The van der Waals surface area contributed by atoms with Crippen LogP contribution in [0.5, 0.6) is 5.75 Å². The fourth-order valence-corrected chi connectivity index (χ4v) is 3.19. The number of fused-ring (bicyclic) bond motifs is 1. The number of benzene rings is 3. The molecule has 144 valence electrons. The van der Waals surface area contributed by atoms with E-state index in [1.807, 2.05) is 54.6 Å². The number of para-hydroxylation sites is 1. The number of hydrazone groups is 1. The van der Waals surface area contributed by atoms with Crippen LogP contribution in [-0.2, 0) is 0 Å². The zero-order valence-electron chi connectivity index (χ0n) is 15.3. The lowest BCUT2D eigenvalue weighted by Gasteiger charge is -2.27. The average Bonchev–Trinajstić information content (AvgIpc) is 2.77. The Labute approximate surface area is 166 Å². The lowest BCUT2D eigenvalue weighted by molar-refractivity contribution is -0.384. The molecule has 0 fully saturated rings. The Balaban J connectivity index is 1.60. The molecule has 0 spiro atoms. The zero-order valence-corrected chi connectivity index (χ0v) is 15.3. The molecule has 0 bridgehead atoms. The molecule has 0 radical (unpaired) electrons. The van der Waals surface area contributed by atoms with Gasteiger partial charge in [-0.25, -0.2) is 5.43 Å². The number of amides is 1. The first kappa shape index (κ1) is 18.4. The number of carbonyl (C=O) groups excluding carboxylic acids is 1. The molecule has 3 aromatic carbocycles. The third kappa shape index (κ3) is 3.98. The molecule has 1 atom stereocenters. The third-order valence-electron chi connectivity index (χ3n) is 4.63. The molecule has 1 unspecified atom stereocenters. The zero-order chi connectivity index (χ0) is 20.2. The van der Waals surface area contributed by atoms with E-state index in [0.717, 1.165) is 11.1 Å². The van der Waals surface area contributed by atoms with Crippen molar-refractivity contribution in [3.8, 4) is 5.75 Å². The van der Waals surface area contributed by atoms with E-state index in [-0.39, 0.29) is 17.4 Å². The molecule has 0 aromatic heterocycles. The minimum absolute atomic E-state index is 0.147. The van der Waals surface area contributed by atoms with Crippen molar-refractivity contribution >= 4 is 17.3 Å². The first-order valence-electron chi connectivity index (χ1n) is 9.04. The highest BCUT2D eigenvalue weighted by Crippen LogP contribution is 2.34. The van der Waals surface area contributed by atoms with Gasteiger partial charge in [0.1, 0.15) is 11.9 Å². The van der Waals surface area contributed by atoms with Crippen molar-refractivity contribution in [1.29, 1.82) is 0 Å². The van der Waals surface area contributed by atoms with Gasteiger partial charge >= 0.3 is 0 Å². The lowest BCUT2D eigenvalue weighted by atomic mass is 9.96. The second kappa shape index (κ2) is 7.93. The van der Waals surface area contributed by atoms with E-state index in [4.69, 9.17) is 4.74 Å². The maximum absolute atomic E-state index is 12.5. The van der Waals surface area contributed by atoms with Crippen molar-refractivity contribution in [3.63, 3.8) is 0 Å². The summed E-state index contributed by atoms with van der Waals surface area (Å²) in [6, 6.07) is 22.8. The number of ether oxygens (including phenoxy) is 1. The summed E-state index contributed by atoms with van der Waals surface area (Å²) >= 11 is 0. The number of non-ortho nitro benzene ring substituents is 1. The molecule has 0 saturated carbocycles. The first-order chi connectivity index (χ1) is 14.1. The van der Waals surface area contributed by atoms with E-state index in [0.29, 0.717) is 17.9 Å². The van der Waals surface area contributed by atoms with Crippen LogP contribution >= 0.6 is 0 Å². The highest BCUT2D eigenvalue weighted by atomic mass is 16.6. The predicted octanol–water partition coefficient (Wildman–Crippen LogP) is 4.25. The highest BCUT2D eigenvalue weighted by Gasteiger charge is 2.26. The molecule has 4 rings (SSSR count). The second-order valence-electron chi connectivity index (χ2n) is 6.52. The Morgan fingerprint density at radius 2 is 1.79 bits per heavy atom. The van der Waals surface area contributed by atoms with Crippen LogP contribution < -0.4 is 10.2 Å². The Hall–Kier alpha value is -4.00.